The summed E-state index contributed by atoms with van der Waals surface area (Å²) in [6.07, 6.45) is 1.38. The Bertz CT molecular complexity index is 1130. The van der Waals surface area contributed by atoms with Crippen molar-refractivity contribution < 1.29 is 34.9 Å². The molecule has 0 aliphatic carbocycles. The summed E-state index contributed by atoms with van der Waals surface area (Å²) in [5, 5.41) is 0. The van der Waals surface area contributed by atoms with E-state index in [-0.39, 0.29) is 28.2 Å². The van der Waals surface area contributed by atoms with E-state index in [2.05, 4.69) is 18.4 Å². The summed E-state index contributed by atoms with van der Waals surface area (Å²) >= 11 is 0. The first-order valence-electron chi connectivity index (χ1n) is 11.0. The van der Waals surface area contributed by atoms with E-state index in [1.807, 2.05) is 34.6 Å². The van der Waals surface area contributed by atoms with Gasteiger partial charge in [0.15, 0.2) is 11.3 Å². The fraction of sp³-hybridized carbons (Fsp3) is 0.696. The van der Waals surface area contributed by atoms with Gasteiger partial charge in [-0.05, 0) is 52.7 Å². The van der Waals surface area contributed by atoms with Crippen LogP contribution in [-0.4, -0.2) is 62.3 Å². The summed E-state index contributed by atoms with van der Waals surface area (Å²) in [7, 11) is -6.87. The number of fused-ring (bicyclic) bond motifs is 1. The Morgan fingerprint density at radius 1 is 1.09 bits per heavy atom. The lowest BCUT2D eigenvalue weighted by Crippen LogP contribution is -2.40. The molecule has 1 aliphatic heterocycles. The predicted molar refractivity (Wildman–Crippen MR) is 129 cm³/mol. The number of rotatable bonds is 10. The maximum absolute atomic E-state index is 12.4. The third-order valence-corrected chi connectivity index (χ3v) is 8.45. The lowest BCUT2D eigenvalue weighted by molar-refractivity contribution is -0.526. The Balaban J connectivity index is 2.57. The van der Waals surface area contributed by atoms with Crippen LogP contribution < -0.4 is 0 Å². The standard InChI is InChI=1S/C23H37NO7S2/c1-17-23(7,12-9-15-32(25,26)27)19-16-18(33(28,29)30-8)10-11-20(19)24(17)22(5,6)13-14-31-21(2,3)4/h10-11,16H,9,12-15H2,1-8H3/p+1. The molecule has 0 fully saturated rings. The van der Waals surface area contributed by atoms with E-state index >= 15 is 0 Å². The van der Waals surface area contributed by atoms with Crippen LogP contribution in [0.15, 0.2) is 23.1 Å². The number of hydrogen-bond acceptors (Lipinski definition) is 6. The fourth-order valence-corrected chi connectivity index (χ4v) is 5.65. The van der Waals surface area contributed by atoms with Gasteiger partial charge in [-0.1, -0.05) is 0 Å². The van der Waals surface area contributed by atoms with Crippen molar-refractivity contribution in [2.24, 2.45) is 0 Å². The lowest BCUT2D eigenvalue weighted by atomic mass is 9.76. The number of nitrogens with zero attached hydrogens (tertiary/aromatic N) is 1. The van der Waals surface area contributed by atoms with Crippen LogP contribution in [0.4, 0.5) is 5.69 Å². The zero-order chi connectivity index (χ0) is 25.5. The van der Waals surface area contributed by atoms with E-state index in [4.69, 9.17) is 8.92 Å². The molecule has 0 saturated carbocycles. The topological polar surface area (TPSA) is 110 Å². The Morgan fingerprint density at radius 2 is 1.70 bits per heavy atom. The van der Waals surface area contributed by atoms with E-state index in [9.17, 15) is 21.4 Å². The van der Waals surface area contributed by atoms with Gasteiger partial charge in [-0.15, -0.1) is 0 Å². The SMILES string of the molecule is COS(=O)(=O)c1ccc2c(c1)C(C)(CCCS(=O)(=O)O)C(C)=[N+]2C(C)(C)CCOC(C)(C)C. The largest absolute Gasteiger partial charge is 0.376 e. The molecule has 1 N–H and O–H groups in total. The van der Waals surface area contributed by atoms with Crippen LogP contribution in [0.1, 0.15) is 73.3 Å². The second-order valence-electron chi connectivity index (χ2n) is 10.5. The van der Waals surface area contributed by atoms with Crippen LogP contribution in [-0.2, 0) is 34.6 Å². The van der Waals surface area contributed by atoms with Crippen molar-refractivity contribution in [3.05, 3.63) is 23.8 Å². The maximum Gasteiger partial charge on any atom is 0.296 e. The summed E-state index contributed by atoms with van der Waals surface area (Å²) in [5.74, 6) is -0.357. The molecule has 0 bridgehead atoms. The molecule has 1 heterocycles. The first-order chi connectivity index (χ1) is 14.8. The molecule has 1 unspecified atom stereocenters. The molecule has 1 aliphatic rings. The first-order valence-corrected chi connectivity index (χ1v) is 14.0. The van der Waals surface area contributed by atoms with Crippen molar-refractivity contribution in [3.63, 3.8) is 0 Å². The normalized spacial score (nSPS) is 19.8. The highest BCUT2D eigenvalue weighted by Gasteiger charge is 2.51. The second-order valence-corrected chi connectivity index (χ2v) is 13.8. The van der Waals surface area contributed by atoms with Crippen molar-refractivity contribution in [3.8, 4) is 0 Å². The van der Waals surface area contributed by atoms with E-state index in [1.165, 1.54) is 6.07 Å². The molecule has 10 heteroatoms. The molecule has 0 radical (unpaired) electrons. The molecule has 0 spiro atoms. The van der Waals surface area contributed by atoms with E-state index in [0.29, 0.717) is 13.0 Å². The van der Waals surface area contributed by atoms with Crippen LogP contribution in [0, 0.1) is 0 Å². The van der Waals surface area contributed by atoms with Gasteiger partial charge < -0.3 is 4.74 Å². The smallest absolute Gasteiger partial charge is 0.296 e. The van der Waals surface area contributed by atoms with Gasteiger partial charge in [-0.2, -0.15) is 21.4 Å². The van der Waals surface area contributed by atoms with Gasteiger partial charge in [0, 0.05) is 38.8 Å². The molecular weight excluding hydrogens is 466 g/mol. The Kier molecular flexibility index (Phi) is 7.93. The van der Waals surface area contributed by atoms with Crippen LogP contribution in [0.25, 0.3) is 0 Å². The highest BCUT2D eigenvalue weighted by molar-refractivity contribution is 7.86. The van der Waals surface area contributed by atoms with Crippen LogP contribution in [0.2, 0.25) is 0 Å². The molecule has 1 aromatic rings. The van der Waals surface area contributed by atoms with E-state index in [0.717, 1.165) is 30.5 Å². The highest BCUT2D eigenvalue weighted by atomic mass is 32.2. The third-order valence-electron chi connectivity index (χ3n) is 6.38. The molecule has 2 rings (SSSR count). The molecule has 8 nitrogen and oxygen atoms in total. The quantitative estimate of drug-likeness (QED) is 0.291. The molecule has 0 aromatic heterocycles. The second kappa shape index (κ2) is 9.37. The lowest BCUT2D eigenvalue weighted by Gasteiger charge is -2.26. The van der Waals surface area contributed by atoms with Crippen molar-refractivity contribution >= 4 is 31.6 Å². The average molecular weight is 505 g/mol. The van der Waals surface area contributed by atoms with Crippen molar-refractivity contribution in [1.29, 1.82) is 0 Å². The highest BCUT2D eigenvalue weighted by Crippen LogP contribution is 2.46. The van der Waals surface area contributed by atoms with Crippen molar-refractivity contribution in [2.45, 2.75) is 89.2 Å². The predicted octanol–water partition coefficient (Wildman–Crippen LogP) is 4.05. The Labute approximate surface area is 198 Å². The Morgan fingerprint density at radius 3 is 2.21 bits per heavy atom. The molecule has 0 saturated heterocycles. The minimum absolute atomic E-state index is 0.0493. The first kappa shape index (κ1) is 27.9. The monoisotopic (exact) mass is 504 g/mol. The molecule has 1 aromatic carbocycles. The van der Waals surface area contributed by atoms with Gasteiger partial charge in [-0.25, -0.2) is 0 Å². The Hall–Kier alpha value is -1.33. The number of hydrogen-bond donors (Lipinski definition) is 1. The summed E-state index contributed by atoms with van der Waals surface area (Å²) in [6.45, 7) is 14.8. The van der Waals surface area contributed by atoms with Crippen molar-refractivity contribution in [1.82, 2.24) is 0 Å². The third kappa shape index (κ3) is 6.42. The van der Waals surface area contributed by atoms with Crippen molar-refractivity contribution in [2.75, 3.05) is 19.5 Å². The summed E-state index contributed by atoms with van der Waals surface area (Å²) in [4.78, 5) is 0.0493. The van der Waals surface area contributed by atoms with Gasteiger partial charge in [-0.3, -0.25) is 8.74 Å². The van der Waals surface area contributed by atoms with Gasteiger partial charge in [0.05, 0.1) is 35.4 Å². The minimum Gasteiger partial charge on any atom is -0.376 e. The van der Waals surface area contributed by atoms with Gasteiger partial charge >= 0.3 is 0 Å². The van der Waals surface area contributed by atoms with Crippen LogP contribution in [0.3, 0.4) is 0 Å². The summed E-state index contributed by atoms with van der Waals surface area (Å²) < 4.78 is 69.5. The summed E-state index contributed by atoms with van der Waals surface area (Å²) in [5.41, 5.74) is 1.41. The zero-order valence-corrected chi connectivity index (χ0v) is 22.6. The number of ether oxygens (including phenoxy) is 1. The summed E-state index contributed by atoms with van der Waals surface area (Å²) in [6, 6.07) is 4.93. The average Bonchev–Trinajstić information content (AvgIpc) is 2.87. The molecule has 188 valence electrons. The zero-order valence-electron chi connectivity index (χ0n) is 20.9. The van der Waals surface area contributed by atoms with Gasteiger partial charge in [0.25, 0.3) is 20.2 Å². The minimum atomic E-state index is -4.10. The van der Waals surface area contributed by atoms with Gasteiger partial charge in [0.2, 0.25) is 5.69 Å². The van der Waals surface area contributed by atoms with Gasteiger partial charge in [0.1, 0.15) is 0 Å². The molecule has 33 heavy (non-hydrogen) atoms. The molecular formula is C23H38NO7S2+. The van der Waals surface area contributed by atoms with E-state index < -0.39 is 25.7 Å². The van der Waals surface area contributed by atoms with Crippen LogP contribution >= 0.6 is 0 Å². The van der Waals surface area contributed by atoms with Crippen LogP contribution in [0.5, 0.6) is 0 Å². The fourth-order valence-electron chi connectivity index (χ4n) is 4.45. The number of benzene rings is 1. The molecule has 1 atom stereocenters. The van der Waals surface area contributed by atoms with E-state index in [1.54, 1.807) is 12.1 Å². The maximum atomic E-state index is 12.4. The molecule has 0 amide bonds.